The monoisotopic (exact) mass is 962 g/mol. The van der Waals surface area contributed by atoms with E-state index in [4.69, 9.17) is 0 Å². The van der Waals surface area contributed by atoms with Crippen molar-refractivity contribution in [2.24, 2.45) is 0 Å². The fourth-order valence-corrected chi connectivity index (χ4v) is 12.3. The minimum Gasteiger partial charge on any atom is -0.311 e. The molecule has 2 heterocycles. The highest BCUT2D eigenvalue weighted by molar-refractivity contribution is 7.00. The molecule has 74 heavy (non-hydrogen) atoms. The van der Waals surface area contributed by atoms with Gasteiger partial charge >= 0.3 is 0 Å². The van der Waals surface area contributed by atoms with Crippen molar-refractivity contribution >= 4 is 74.3 Å². The smallest absolute Gasteiger partial charge is 0.252 e. The highest BCUT2D eigenvalue weighted by atomic mass is 15.2. The van der Waals surface area contributed by atoms with Crippen LogP contribution in [-0.2, 0) is 21.7 Å². The quantitative estimate of drug-likeness (QED) is 0.154. The number of nitrogens with zero attached hydrogens (tertiary/aromatic N) is 3. The minimum atomic E-state index is -0.174. The van der Waals surface area contributed by atoms with Crippen LogP contribution in [0.15, 0.2) is 194 Å². The number of fused-ring (bicyclic) bond motifs is 7. The van der Waals surface area contributed by atoms with E-state index in [1.54, 1.807) is 0 Å². The van der Waals surface area contributed by atoms with Gasteiger partial charge in [-0.1, -0.05) is 191 Å². The molecule has 4 heteroatoms. The van der Waals surface area contributed by atoms with Crippen LogP contribution in [0.25, 0.3) is 22.3 Å². The molecule has 2 aliphatic heterocycles. The molecule has 12 rings (SSSR count). The number of hydrogen-bond donors (Lipinski definition) is 0. The van der Waals surface area contributed by atoms with E-state index in [-0.39, 0.29) is 28.4 Å². The summed E-state index contributed by atoms with van der Waals surface area (Å²) in [5, 5.41) is 0. The summed E-state index contributed by atoms with van der Waals surface area (Å²) < 4.78 is 0. The van der Waals surface area contributed by atoms with Crippen LogP contribution in [0.5, 0.6) is 0 Å². The lowest BCUT2D eigenvalue weighted by Gasteiger charge is -2.45. The summed E-state index contributed by atoms with van der Waals surface area (Å²) in [4.78, 5) is 7.66. The molecule has 0 unspecified atom stereocenters. The van der Waals surface area contributed by atoms with Crippen molar-refractivity contribution < 1.29 is 0 Å². The van der Waals surface area contributed by atoms with Crippen LogP contribution in [0.3, 0.4) is 0 Å². The number of aryl methyl sites for hydroxylation is 1. The van der Waals surface area contributed by atoms with Crippen molar-refractivity contribution in [2.75, 3.05) is 14.7 Å². The van der Waals surface area contributed by atoms with Gasteiger partial charge in [-0.05, 0) is 168 Å². The van der Waals surface area contributed by atoms with E-state index in [0.717, 1.165) is 22.7 Å². The molecule has 0 saturated carbocycles. The van der Waals surface area contributed by atoms with Gasteiger partial charge in [-0.2, -0.15) is 0 Å². The Hall–Kier alpha value is -7.56. The summed E-state index contributed by atoms with van der Waals surface area (Å²) in [5.41, 5.74) is 27.3. The lowest BCUT2D eigenvalue weighted by molar-refractivity contribution is 0.590. The third-order valence-electron chi connectivity index (χ3n) is 16.3. The molecule has 0 aromatic heterocycles. The molecular formula is C70H68BN3. The topological polar surface area (TPSA) is 9.72 Å². The third kappa shape index (κ3) is 7.71. The maximum Gasteiger partial charge on any atom is 0.252 e. The zero-order valence-electron chi connectivity index (χ0n) is 45.4. The molecule has 0 saturated heterocycles. The molecule has 3 aliphatic rings. The van der Waals surface area contributed by atoms with Gasteiger partial charge < -0.3 is 14.7 Å². The maximum atomic E-state index is 2.62. The number of rotatable bonds is 6. The largest absolute Gasteiger partial charge is 0.311 e. The number of benzene rings is 9. The number of para-hydroxylation sites is 1. The van der Waals surface area contributed by atoms with Crippen LogP contribution in [0, 0.1) is 6.92 Å². The summed E-state index contributed by atoms with van der Waals surface area (Å²) in [6.07, 6.45) is 0. The van der Waals surface area contributed by atoms with Gasteiger partial charge in [-0.15, -0.1) is 0 Å². The Morgan fingerprint density at radius 3 is 1.65 bits per heavy atom. The van der Waals surface area contributed by atoms with Crippen molar-refractivity contribution in [3.05, 3.63) is 228 Å². The molecule has 1 aliphatic carbocycles. The molecular weight excluding hydrogens is 894 g/mol. The molecule has 366 valence electrons. The molecule has 0 bridgehead atoms. The first kappa shape index (κ1) is 47.4. The lowest BCUT2D eigenvalue weighted by atomic mass is 9.33. The van der Waals surface area contributed by atoms with Crippen molar-refractivity contribution in [2.45, 2.75) is 105 Å². The van der Waals surface area contributed by atoms with Gasteiger partial charge in [0.05, 0.1) is 5.69 Å². The van der Waals surface area contributed by atoms with E-state index in [9.17, 15) is 0 Å². The fourth-order valence-electron chi connectivity index (χ4n) is 12.3. The maximum absolute atomic E-state index is 2.62. The van der Waals surface area contributed by atoms with E-state index < -0.39 is 0 Å². The van der Waals surface area contributed by atoms with Gasteiger partial charge in [0.1, 0.15) is 0 Å². The zero-order chi connectivity index (χ0) is 51.6. The Balaban J connectivity index is 1.15. The number of hydrogen-bond acceptors (Lipinski definition) is 3. The Bertz CT molecular complexity index is 3660. The average Bonchev–Trinajstić information content (AvgIpc) is 3.61. The molecule has 0 atom stereocenters. The van der Waals surface area contributed by atoms with Gasteiger partial charge in [0.25, 0.3) is 6.71 Å². The fraction of sp³-hybridized carbons (Fsp3) is 0.229. The first-order chi connectivity index (χ1) is 35.3. The minimum absolute atomic E-state index is 0.0310. The molecule has 0 fully saturated rings. The molecule has 9 aromatic rings. The van der Waals surface area contributed by atoms with Crippen LogP contribution < -0.4 is 31.1 Å². The Labute approximate surface area is 441 Å². The highest BCUT2D eigenvalue weighted by Crippen LogP contribution is 2.53. The molecule has 0 amide bonds. The normalized spacial score (nSPS) is 14.2. The summed E-state index contributed by atoms with van der Waals surface area (Å²) in [7, 11) is 0. The highest BCUT2D eigenvalue weighted by Gasteiger charge is 2.45. The van der Waals surface area contributed by atoms with E-state index >= 15 is 0 Å². The van der Waals surface area contributed by atoms with Crippen molar-refractivity contribution in [3.8, 4) is 22.3 Å². The molecule has 0 N–H and O–H groups in total. The summed E-state index contributed by atoms with van der Waals surface area (Å²) in [6, 6.07) is 74.2. The lowest BCUT2D eigenvalue weighted by Crippen LogP contribution is -2.61. The SMILES string of the molecule is Cc1cc2c3c(c1)N(c1ccc4c(c1)C(C)(C)c1ccccc1-4)c1cc(N(c4ccccc4)c4ccc(C(C)(C)C)cc4-c4ccccc4)ccc1B3c1cc(C(C)(C)C)ccc1N2c1ccc(C(C)(C)C)cc1. The van der Waals surface area contributed by atoms with Crippen molar-refractivity contribution in [1.29, 1.82) is 0 Å². The van der Waals surface area contributed by atoms with Gasteiger partial charge in [0.15, 0.2) is 0 Å². The molecule has 0 radical (unpaired) electrons. The van der Waals surface area contributed by atoms with Crippen LogP contribution in [0.2, 0.25) is 0 Å². The Morgan fingerprint density at radius 2 is 0.973 bits per heavy atom. The second-order valence-corrected chi connectivity index (χ2v) is 24.8. The molecule has 9 aromatic carbocycles. The second kappa shape index (κ2) is 17.0. The predicted molar refractivity (Wildman–Crippen MR) is 319 cm³/mol. The van der Waals surface area contributed by atoms with Gasteiger partial charge in [-0.25, -0.2) is 0 Å². The summed E-state index contributed by atoms with van der Waals surface area (Å²) in [5.74, 6) is 0. The van der Waals surface area contributed by atoms with E-state index in [1.165, 1.54) is 100 Å². The molecule has 0 spiro atoms. The van der Waals surface area contributed by atoms with Crippen LogP contribution in [0.1, 0.15) is 110 Å². The predicted octanol–water partition coefficient (Wildman–Crippen LogP) is 17.4. The second-order valence-electron chi connectivity index (χ2n) is 24.8. The Kier molecular flexibility index (Phi) is 10.9. The van der Waals surface area contributed by atoms with Crippen LogP contribution in [0.4, 0.5) is 51.2 Å². The van der Waals surface area contributed by atoms with E-state index in [0.29, 0.717) is 0 Å². The van der Waals surface area contributed by atoms with E-state index in [2.05, 4.69) is 292 Å². The Morgan fingerprint density at radius 1 is 0.405 bits per heavy atom. The summed E-state index contributed by atoms with van der Waals surface area (Å²) in [6.45, 7) is 27.9. The van der Waals surface area contributed by atoms with Crippen LogP contribution in [-0.4, -0.2) is 6.71 Å². The van der Waals surface area contributed by atoms with Gasteiger partial charge in [0, 0.05) is 56.5 Å². The third-order valence-corrected chi connectivity index (χ3v) is 16.3. The van der Waals surface area contributed by atoms with Crippen molar-refractivity contribution in [3.63, 3.8) is 0 Å². The molecule has 3 nitrogen and oxygen atoms in total. The van der Waals surface area contributed by atoms with Crippen LogP contribution >= 0.6 is 0 Å². The standard InChI is InChI=1S/C70H68BN3/c1-45-39-64-66-65(40-45)74(52-33-35-55-54-25-19-20-26-57(54)70(11,12)58(55)43-52)63-44-53(72(50-23-17-14-18-24-50)61-37-29-48(68(5,6)7)41-56(61)46-21-15-13-16-22-46)34-36-59(63)71(66)60-42-49(69(8,9)10)30-38-62(60)73(64)51-31-27-47(28-32-51)67(2,3)4/h13-44H,1-12H3. The van der Waals surface area contributed by atoms with E-state index in [1.807, 2.05) is 0 Å². The first-order valence-corrected chi connectivity index (χ1v) is 26.7. The summed E-state index contributed by atoms with van der Waals surface area (Å²) >= 11 is 0. The van der Waals surface area contributed by atoms with Gasteiger partial charge in [0.2, 0.25) is 0 Å². The van der Waals surface area contributed by atoms with Gasteiger partial charge in [-0.3, -0.25) is 0 Å². The average molecular weight is 962 g/mol. The first-order valence-electron chi connectivity index (χ1n) is 26.7. The van der Waals surface area contributed by atoms with Crippen molar-refractivity contribution in [1.82, 2.24) is 0 Å². The zero-order valence-corrected chi connectivity index (χ0v) is 45.4. The number of anilines is 9.